The second kappa shape index (κ2) is 14.8. The van der Waals surface area contributed by atoms with Crippen molar-refractivity contribution < 1.29 is 9.59 Å². The molecule has 4 nitrogen and oxygen atoms in total. The van der Waals surface area contributed by atoms with Crippen LogP contribution in [0.4, 0.5) is 0 Å². The minimum Gasteiger partial charge on any atom is -0.350 e. The summed E-state index contributed by atoms with van der Waals surface area (Å²) in [5.74, 6) is -0.208. The molecule has 1 aliphatic carbocycles. The van der Waals surface area contributed by atoms with Crippen molar-refractivity contribution in [3.8, 4) is 0 Å². The monoisotopic (exact) mass is 654 g/mol. The fourth-order valence-corrected chi connectivity index (χ4v) is 7.95. The van der Waals surface area contributed by atoms with Crippen molar-refractivity contribution in [2.45, 2.75) is 48.6 Å². The molecule has 1 aliphatic rings. The number of hydrogen-bond donors (Lipinski definition) is 2. The summed E-state index contributed by atoms with van der Waals surface area (Å²) >= 11 is 0. The fourth-order valence-electron chi connectivity index (χ4n) is 7.95. The van der Waals surface area contributed by atoms with Crippen LogP contribution in [0.15, 0.2) is 182 Å². The summed E-state index contributed by atoms with van der Waals surface area (Å²) in [6.07, 6.45) is 3.46. The van der Waals surface area contributed by atoms with Gasteiger partial charge in [-0.05, 0) is 46.2 Å². The predicted molar refractivity (Wildman–Crippen MR) is 201 cm³/mol. The van der Waals surface area contributed by atoms with E-state index in [4.69, 9.17) is 0 Å². The van der Waals surface area contributed by atoms with E-state index in [9.17, 15) is 0 Å². The lowest BCUT2D eigenvalue weighted by atomic mass is 9.68. The summed E-state index contributed by atoms with van der Waals surface area (Å²) < 4.78 is 0. The third-order valence-corrected chi connectivity index (χ3v) is 10.3. The van der Waals surface area contributed by atoms with Crippen molar-refractivity contribution in [1.82, 2.24) is 10.6 Å². The molecule has 0 saturated heterocycles. The summed E-state index contributed by atoms with van der Waals surface area (Å²) in [7, 11) is 0. The maximum Gasteiger partial charge on any atom is 0.239 e. The first kappa shape index (κ1) is 32.8. The molecule has 248 valence electrons. The fraction of sp³-hybridized carbons (Fsp3) is 0.174. The SMILES string of the molecule is O=C(N[C@@H]1CCCC[C@H]1NC(=O)C(c1ccccc1)(c1ccccc1)c1ccccc1)C(c1ccccc1)(c1ccccc1)c1ccccc1. The van der Waals surface area contributed by atoms with E-state index >= 15 is 9.59 Å². The van der Waals surface area contributed by atoms with E-state index in [0.717, 1.165) is 59.1 Å². The van der Waals surface area contributed by atoms with E-state index in [2.05, 4.69) is 10.6 Å². The largest absolute Gasteiger partial charge is 0.350 e. The Kier molecular flexibility index (Phi) is 9.70. The van der Waals surface area contributed by atoms with Gasteiger partial charge in [0.15, 0.2) is 0 Å². The highest BCUT2D eigenvalue weighted by atomic mass is 16.2. The number of benzene rings is 6. The standard InChI is InChI=1S/C46H42N2O2/c49-43(45(35-21-7-1-8-22-35,36-23-9-2-10-24-36)37-25-11-3-12-26-37)47-41-33-19-20-34-42(41)48-44(50)46(38-27-13-4-14-28-38,39-29-15-5-16-30-39)40-31-17-6-18-32-40/h1-18,21-32,41-42H,19-20,33-34H2,(H,47,49)(H,48,50)/t41-,42-/m1/s1. The van der Waals surface area contributed by atoms with Crippen molar-refractivity contribution in [3.05, 3.63) is 215 Å². The summed E-state index contributed by atoms with van der Waals surface area (Å²) in [5, 5.41) is 7.06. The molecule has 0 aliphatic heterocycles. The van der Waals surface area contributed by atoms with E-state index in [1.54, 1.807) is 0 Å². The molecule has 6 aromatic carbocycles. The Labute approximate surface area is 295 Å². The Balaban J connectivity index is 1.30. The zero-order valence-electron chi connectivity index (χ0n) is 28.1. The van der Waals surface area contributed by atoms with Gasteiger partial charge >= 0.3 is 0 Å². The van der Waals surface area contributed by atoms with Gasteiger partial charge < -0.3 is 10.6 Å². The maximum absolute atomic E-state index is 15.2. The second-order valence-corrected chi connectivity index (χ2v) is 13.1. The molecular formula is C46H42N2O2. The van der Waals surface area contributed by atoms with E-state index in [1.807, 2.05) is 182 Å². The van der Waals surface area contributed by atoms with Crippen LogP contribution in [0.25, 0.3) is 0 Å². The Bertz CT molecular complexity index is 1640. The van der Waals surface area contributed by atoms with Crippen LogP contribution in [0.3, 0.4) is 0 Å². The Morgan fingerprint density at radius 1 is 0.360 bits per heavy atom. The van der Waals surface area contributed by atoms with Gasteiger partial charge in [0.1, 0.15) is 10.8 Å². The van der Waals surface area contributed by atoms with Gasteiger partial charge in [0.2, 0.25) is 11.8 Å². The van der Waals surface area contributed by atoms with Crippen molar-refractivity contribution >= 4 is 11.8 Å². The van der Waals surface area contributed by atoms with Crippen molar-refractivity contribution in [2.24, 2.45) is 0 Å². The highest BCUT2D eigenvalue weighted by molar-refractivity contribution is 5.98. The molecule has 0 bridgehead atoms. The van der Waals surface area contributed by atoms with Gasteiger partial charge in [0, 0.05) is 12.1 Å². The molecule has 1 fully saturated rings. The zero-order valence-corrected chi connectivity index (χ0v) is 28.1. The first-order chi connectivity index (χ1) is 24.6. The molecular weight excluding hydrogens is 613 g/mol. The van der Waals surface area contributed by atoms with Crippen LogP contribution in [0.5, 0.6) is 0 Å². The Morgan fingerprint density at radius 2 is 0.560 bits per heavy atom. The molecule has 4 heteroatoms. The van der Waals surface area contributed by atoms with Crippen LogP contribution >= 0.6 is 0 Å². The normalized spacial score (nSPS) is 16.2. The molecule has 2 amide bonds. The van der Waals surface area contributed by atoms with Crippen LogP contribution in [-0.4, -0.2) is 23.9 Å². The molecule has 0 radical (unpaired) electrons. The third-order valence-electron chi connectivity index (χ3n) is 10.3. The lowest BCUT2D eigenvalue weighted by molar-refractivity contribution is -0.128. The number of rotatable bonds is 10. The number of amides is 2. The van der Waals surface area contributed by atoms with Gasteiger partial charge in [-0.25, -0.2) is 0 Å². The smallest absolute Gasteiger partial charge is 0.239 e. The van der Waals surface area contributed by atoms with Crippen molar-refractivity contribution in [1.29, 1.82) is 0 Å². The molecule has 2 N–H and O–H groups in total. The van der Waals surface area contributed by atoms with Crippen LogP contribution < -0.4 is 10.6 Å². The number of carbonyl (C=O) groups is 2. The van der Waals surface area contributed by atoms with Gasteiger partial charge in [-0.15, -0.1) is 0 Å². The summed E-state index contributed by atoms with van der Waals surface area (Å²) in [6.45, 7) is 0. The number of hydrogen-bond acceptors (Lipinski definition) is 2. The molecule has 7 rings (SSSR count). The van der Waals surface area contributed by atoms with Crippen molar-refractivity contribution in [3.63, 3.8) is 0 Å². The minimum atomic E-state index is -1.10. The average Bonchev–Trinajstić information content (AvgIpc) is 3.19. The second-order valence-electron chi connectivity index (χ2n) is 13.1. The quantitative estimate of drug-likeness (QED) is 0.145. The maximum atomic E-state index is 15.2. The lowest BCUT2D eigenvalue weighted by Gasteiger charge is -2.41. The van der Waals surface area contributed by atoms with Gasteiger partial charge in [0.05, 0.1) is 0 Å². The number of carbonyl (C=O) groups excluding carboxylic acids is 2. The molecule has 0 spiro atoms. The molecule has 1 saturated carbocycles. The van der Waals surface area contributed by atoms with Gasteiger partial charge in [-0.3, -0.25) is 9.59 Å². The van der Waals surface area contributed by atoms with E-state index in [0.29, 0.717) is 0 Å². The minimum absolute atomic E-state index is 0.104. The molecule has 6 aromatic rings. The molecule has 0 unspecified atom stereocenters. The Hall–Kier alpha value is -5.74. The topological polar surface area (TPSA) is 58.2 Å². The van der Waals surface area contributed by atoms with Crippen LogP contribution in [-0.2, 0) is 20.4 Å². The molecule has 0 heterocycles. The number of nitrogens with one attached hydrogen (secondary N) is 2. The Morgan fingerprint density at radius 3 is 0.760 bits per heavy atom. The zero-order chi connectivity index (χ0) is 34.2. The molecule has 50 heavy (non-hydrogen) atoms. The first-order valence-corrected chi connectivity index (χ1v) is 17.6. The van der Waals surface area contributed by atoms with E-state index in [1.165, 1.54) is 0 Å². The average molecular weight is 655 g/mol. The summed E-state index contributed by atoms with van der Waals surface area (Å²) in [5.41, 5.74) is 3.15. The van der Waals surface area contributed by atoms with E-state index < -0.39 is 10.8 Å². The highest BCUT2D eigenvalue weighted by Gasteiger charge is 2.47. The van der Waals surface area contributed by atoms with E-state index in [-0.39, 0.29) is 23.9 Å². The third kappa shape index (κ3) is 6.03. The lowest BCUT2D eigenvalue weighted by Crippen LogP contribution is -2.60. The van der Waals surface area contributed by atoms with Crippen LogP contribution in [0.1, 0.15) is 59.1 Å². The highest BCUT2D eigenvalue weighted by Crippen LogP contribution is 2.42. The van der Waals surface area contributed by atoms with Gasteiger partial charge in [0.25, 0.3) is 0 Å². The van der Waals surface area contributed by atoms with Gasteiger partial charge in [-0.1, -0.05) is 195 Å². The molecule has 0 aromatic heterocycles. The first-order valence-electron chi connectivity index (χ1n) is 17.6. The summed E-state index contributed by atoms with van der Waals surface area (Å²) in [4.78, 5) is 30.4. The van der Waals surface area contributed by atoms with Crippen LogP contribution in [0.2, 0.25) is 0 Å². The van der Waals surface area contributed by atoms with Crippen LogP contribution in [0, 0.1) is 0 Å². The molecule has 2 atom stereocenters. The van der Waals surface area contributed by atoms with Crippen molar-refractivity contribution in [2.75, 3.05) is 0 Å². The summed E-state index contributed by atoms with van der Waals surface area (Å²) in [6, 6.07) is 59.6. The van der Waals surface area contributed by atoms with Gasteiger partial charge in [-0.2, -0.15) is 0 Å². The predicted octanol–water partition coefficient (Wildman–Crippen LogP) is 8.60.